The molecule has 0 aromatic heterocycles. The topological polar surface area (TPSA) is 78.9 Å². The maximum Gasteiger partial charge on any atom is 0.306 e. The predicted octanol–water partition coefficient (Wildman–Crippen LogP) is 18.8. The second-order valence-electron chi connectivity index (χ2n) is 18.5. The third kappa shape index (κ3) is 53.4. The van der Waals surface area contributed by atoms with Gasteiger partial charge < -0.3 is 14.2 Å². The fourth-order valence-corrected chi connectivity index (χ4v) is 7.63. The molecule has 0 heterocycles. The highest BCUT2D eigenvalue weighted by Gasteiger charge is 2.19. The van der Waals surface area contributed by atoms with E-state index < -0.39 is 6.10 Å². The zero-order valence-corrected chi connectivity index (χ0v) is 43.9. The largest absolute Gasteiger partial charge is 0.462 e. The highest BCUT2D eigenvalue weighted by Crippen LogP contribution is 2.14. The molecule has 0 aliphatic heterocycles. The summed E-state index contributed by atoms with van der Waals surface area (Å²) in [5, 5.41) is 0. The van der Waals surface area contributed by atoms with Gasteiger partial charge in [-0.15, -0.1) is 0 Å². The van der Waals surface area contributed by atoms with Crippen molar-refractivity contribution in [3.05, 3.63) is 85.1 Å². The average molecular weight is 933 g/mol. The van der Waals surface area contributed by atoms with Gasteiger partial charge in [0.15, 0.2) is 6.10 Å². The van der Waals surface area contributed by atoms with Gasteiger partial charge in [0.1, 0.15) is 13.2 Å². The number of carbonyl (C=O) groups excluding carboxylic acids is 3. The van der Waals surface area contributed by atoms with Crippen molar-refractivity contribution in [3.8, 4) is 0 Å². The van der Waals surface area contributed by atoms with Crippen molar-refractivity contribution in [3.63, 3.8) is 0 Å². The quantitative estimate of drug-likeness (QED) is 0.0262. The van der Waals surface area contributed by atoms with Crippen LogP contribution in [0, 0.1) is 0 Å². The van der Waals surface area contributed by atoms with Gasteiger partial charge in [-0.3, -0.25) is 14.4 Å². The molecule has 0 N–H and O–H groups in total. The number of hydrogen-bond donors (Lipinski definition) is 0. The summed E-state index contributed by atoms with van der Waals surface area (Å²) in [5.74, 6) is -0.915. The maximum absolute atomic E-state index is 12.8. The van der Waals surface area contributed by atoms with E-state index in [0.29, 0.717) is 19.3 Å². The van der Waals surface area contributed by atoms with Crippen molar-refractivity contribution in [1.82, 2.24) is 0 Å². The molecule has 0 radical (unpaired) electrons. The fraction of sp³-hybridized carbons (Fsp3) is 0.721. The van der Waals surface area contributed by atoms with Gasteiger partial charge >= 0.3 is 17.9 Å². The van der Waals surface area contributed by atoms with Crippen molar-refractivity contribution < 1.29 is 28.6 Å². The van der Waals surface area contributed by atoms with Crippen LogP contribution in [0.2, 0.25) is 0 Å². The van der Waals surface area contributed by atoms with Gasteiger partial charge in [-0.2, -0.15) is 0 Å². The van der Waals surface area contributed by atoms with Crippen molar-refractivity contribution >= 4 is 17.9 Å². The molecule has 0 aromatic rings. The van der Waals surface area contributed by atoms with E-state index in [1.807, 2.05) is 0 Å². The van der Waals surface area contributed by atoms with Crippen LogP contribution in [0.5, 0.6) is 0 Å². The molecule has 0 bridgehead atoms. The summed E-state index contributed by atoms with van der Waals surface area (Å²) in [4.78, 5) is 38.1. The smallest absolute Gasteiger partial charge is 0.306 e. The molecule has 0 rings (SSSR count). The highest BCUT2D eigenvalue weighted by molar-refractivity contribution is 5.71. The van der Waals surface area contributed by atoms with E-state index in [1.54, 1.807) is 0 Å². The van der Waals surface area contributed by atoms with Crippen molar-refractivity contribution in [1.29, 1.82) is 0 Å². The Morgan fingerprint density at radius 2 is 0.582 bits per heavy atom. The Balaban J connectivity index is 4.42. The minimum Gasteiger partial charge on any atom is -0.462 e. The molecule has 384 valence electrons. The van der Waals surface area contributed by atoms with E-state index in [0.717, 1.165) is 109 Å². The molecular formula is C61H104O6. The first-order valence-corrected chi connectivity index (χ1v) is 28.1. The molecule has 67 heavy (non-hydrogen) atoms. The van der Waals surface area contributed by atoms with Crippen molar-refractivity contribution in [2.75, 3.05) is 13.2 Å². The normalized spacial score (nSPS) is 12.7. The van der Waals surface area contributed by atoms with Gasteiger partial charge in [0.2, 0.25) is 0 Å². The van der Waals surface area contributed by atoms with Crippen LogP contribution in [0.15, 0.2) is 85.1 Å². The number of allylic oxidation sites excluding steroid dienone is 14. The van der Waals surface area contributed by atoms with Crippen molar-refractivity contribution in [2.45, 2.75) is 271 Å². The molecule has 0 aliphatic carbocycles. The summed E-state index contributed by atoms with van der Waals surface area (Å²) in [6.45, 7) is 6.47. The Labute approximate surface area is 414 Å². The summed E-state index contributed by atoms with van der Waals surface area (Å²) in [7, 11) is 0. The molecule has 0 amide bonds. The van der Waals surface area contributed by atoms with Gasteiger partial charge in [0.05, 0.1) is 0 Å². The first kappa shape index (κ1) is 63.6. The van der Waals surface area contributed by atoms with Crippen LogP contribution in [0.1, 0.15) is 265 Å². The second kappa shape index (κ2) is 55.2. The second-order valence-corrected chi connectivity index (χ2v) is 18.5. The van der Waals surface area contributed by atoms with Gasteiger partial charge in [-0.05, 0) is 116 Å². The molecule has 1 atom stereocenters. The Morgan fingerprint density at radius 1 is 0.313 bits per heavy atom. The van der Waals surface area contributed by atoms with Gasteiger partial charge in [-0.25, -0.2) is 0 Å². The monoisotopic (exact) mass is 933 g/mol. The standard InChI is InChI=1S/C61H104O6/c1-4-7-10-13-16-19-22-25-27-29-30-32-33-36-39-42-45-48-51-54-60(63)66-57-58(56-65-59(62)53-50-47-44-41-38-35-24-21-18-15-12-9-6-3)67-61(64)55-52-49-46-43-40-37-34-31-28-26-23-20-17-14-11-8-5-2/h7,10,16-17,19-21,24-28,30,32,58H,4-6,8-9,11-15,18,22-23,29,31,33-57H2,1-3H3/b10-7-,19-16-,20-17-,24-21-,27-25-,28-26-,32-30-. The summed E-state index contributed by atoms with van der Waals surface area (Å²) in [6.07, 6.45) is 71.3. The SMILES string of the molecule is CC/C=C\C/C=C\C/C=C\C/C=C\CCCCCCCCC(=O)OCC(COC(=O)CCCCCCC/C=C\CCCCCC)OC(=O)CCCCCCCCC/C=C\C/C=C\CCCCC. The lowest BCUT2D eigenvalue weighted by Crippen LogP contribution is -2.30. The molecular weight excluding hydrogens is 829 g/mol. The lowest BCUT2D eigenvalue weighted by atomic mass is 10.1. The Hall–Kier alpha value is -3.41. The minimum absolute atomic E-state index is 0.0888. The molecule has 6 nitrogen and oxygen atoms in total. The summed E-state index contributed by atoms with van der Waals surface area (Å²) in [6, 6.07) is 0. The lowest BCUT2D eigenvalue weighted by Gasteiger charge is -2.18. The maximum atomic E-state index is 12.8. The third-order valence-electron chi connectivity index (χ3n) is 11.9. The first-order valence-electron chi connectivity index (χ1n) is 28.1. The van der Waals surface area contributed by atoms with Crippen LogP contribution in [-0.4, -0.2) is 37.2 Å². The summed E-state index contributed by atoms with van der Waals surface area (Å²) >= 11 is 0. The van der Waals surface area contributed by atoms with Gasteiger partial charge in [-0.1, -0.05) is 215 Å². The first-order chi connectivity index (χ1) is 33.0. The van der Waals surface area contributed by atoms with Crippen LogP contribution in [-0.2, 0) is 28.6 Å². The van der Waals surface area contributed by atoms with Crippen LogP contribution >= 0.6 is 0 Å². The zero-order chi connectivity index (χ0) is 48.6. The summed E-state index contributed by atoms with van der Waals surface area (Å²) < 4.78 is 16.8. The zero-order valence-electron chi connectivity index (χ0n) is 43.9. The van der Waals surface area contributed by atoms with E-state index in [9.17, 15) is 14.4 Å². The molecule has 6 heteroatoms. The number of unbranched alkanes of at least 4 members (excludes halogenated alkanes) is 25. The minimum atomic E-state index is -0.791. The van der Waals surface area contributed by atoms with E-state index in [4.69, 9.17) is 14.2 Å². The molecule has 0 saturated carbocycles. The number of rotatable bonds is 50. The van der Waals surface area contributed by atoms with Crippen LogP contribution < -0.4 is 0 Å². The van der Waals surface area contributed by atoms with Crippen LogP contribution in [0.25, 0.3) is 0 Å². The van der Waals surface area contributed by atoms with Crippen LogP contribution in [0.4, 0.5) is 0 Å². The van der Waals surface area contributed by atoms with Crippen molar-refractivity contribution in [2.24, 2.45) is 0 Å². The molecule has 0 aromatic carbocycles. The number of esters is 3. The molecule has 0 spiro atoms. The number of carbonyl (C=O) groups is 3. The highest BCUT2D eigenvalue weighted by atomic mass is 16.6. The Morgan fingerprint density at radius 3 is 0.955 bits per heavy atom. The molecule has 0 aliphatic rings. The van der Waals surface area contributed by atoms with E-state index in [1.165, 1.54) is 116 Å². The van der Waals surface area contributed by atoms with E-state index >= 15 is 0 Å². The van der Waals surface area contributed by atoms with Gasteiger partial charge in [0.25, 0.3) is 0 Å². The Kier molecular flexibility index (Phi) is 52.4. The number of ether oxygens (including phenoxy) is 3. The van der Waals surface area contributed by atoms with Crippen LogP contribution in [0.3, 0.4) is 0 Å². The molecule has 0 fully saturated rings. The van der Waals surface area contributed by atoms with E-state index in [-0.39, 0.29) is 31.1 Å². The van der Waals surface area contributed by atoms with E-state index in [2.05, 4.69) is 106 Å². The fourth-order valence-electron chi connectivity index (χ4n) is 7.63. The van der Waals surface area contributed by atoms with Gasteiger partial charge in [0, 0.05) is 19.3 Å². The lowest BCUT2D eigenvalue weighted by molar-refractivity contribution is -0.167. The summed E-state index contributed by atoms with van der Waals surface area (Å²) in [5.41, 5.74) is 0. The third-order valence-corrected chi connectivity index (χ3v) is 11.9. The molecule has 1 unspecified atom stereocenters. The predicted molar refractivity (Wildman–Crippen MR) is 288 cm³/mol. The molecule has 0 saturated heterocycles. The number of hydrogen-bond acceptors (Lipinski definition) is 6. The Bertz CT molecular complexity index is 1300. The average Bonchev–Trinajstić information content (AvgIpc) is 3.33.